The molecule has 0 heterocycles. The van der Waals surface area contributed by atoms with Gasteiger partial charge in [0.05, 0.1) is 0 Å². The molecule has 2 nitrogen and oxygen atoms in total. The van der Waals surface area contributed by atoms with Gasteiger partial charge in [-0.05, 0) is 25.8 Å². The number of carbonyl (C=O) groups excluding carboxylic acids is 2. The van der Waals surface area contributed by atoms with E-state index in [0.29, 0.717) is 12.0 Å². The van der Waals surface area contributed by atoms with Gasteiger partial charge in [-0.3, -0.25) is 4.79 Å². The molecule has 12 heavy (non-hydrogen) atoms. The van der Waals surface area contributed by atoms with Crippen LogP contribution in [-0.2, 0) is 9.59 Å². The minimum atomic E-state index is -0.153. The third-order valence-electron chi connectivity index (χ3n) is 1.68. The van der Waals surface area contributed by atoms with E-state index in [2.05, 4.69) is 6.58 Å². The van der Waals surface area contributed by atoms with E-state index >= 15 is 0 Å². The van der Waals surface area contributed by atoms with Crippen molar-refractivity contribution in [2.75, 3.05) is 0 Å². The smallest absolute Gasteiger partial charge is 0.145 e. The van der Waals surface area contributed by atoms with Crippen molar-refractivity contribution in [2.24, 2.45) is 5.92 Å². The molecule has 0 amide bonds. The van der Waals surface area contributed by atoms with E-state index in [4.69, 9.17) is 0 Å². The predicted octanol–water partition coefficient (Wildman–Crippen LogP) is 1.91. The molecule has 66 valence electrons. The Hall–Kier alpha value is -1.18. The summed E-state index contributed by atoms with van der Waals surface area (Å²) >= 11 is 0. The lowest BCUT2D eigenvalue weighted by Gasteiger charge is -2.05. The normalized spacial score (nSPS) is 13.7. The Morgan fingerprint density at radius 1 is 1.42 bits per heavy atom. The quantitative estimate of drug-likeness (QED) is 0.355. The van der Waals surface area contributed by atoms with E-state index < -0.39 is 0 Å². The first-order valence-corrected chi connectivity index (χ1v) is 3.84. The third-order valence-corrected chi connectivity index (χ3v) is 1.68. The fourth-order valence-corrected chi connectivity index (χ4v) is 0.734. The molecule has 0 aromatic rings. The van der Waals surface area contributed by atoms with Gasteiger partial charge in [0.1, 0.15) is 12.6 Å². The van der Waals surface area contributed by atoms with Crippen molar-refractivity contribution in [3.63, 3.8) is 0 Å². The summed E-state index contributed by atoms with van der Waals surface area (Å²) in [6.07, 6.45) is 3.96. The van der Waals surface area contributed by atoms with Gasteiger partial charge in [0.25, 0.3) is 0 Å². The topological polar surface area (TPSA) is 34.1 Å². The van der Waals surface area contributed by atoms with Gasteiger partial charge in [0, 0.05) is 5.92 Å². The molecule has 0 spiro atoms. The maximum atomic E-state index is 10.5. The zero-order chi connectivity index (χ0) is 9.56. The van der Waals surface area contributed by atoms with Crippen molar-refractivity contribution >= 4 is 12.6 Å². The van der Waals surface area contributed by atoms with Crippen LogP contribution in [-0.4, -0.2) is 12.6 Å². The molecular formula is C10H14O2. The zero-order valence-corrected chi connectivity index (χ0v) is 7.54. The van der Waals surface area contributed by atoms with Crippen LogP contribution in [0.3, 0.4) is 0 Å². The van der Waals surface area contributed by atoms with Crippen LogP contribution < -0.4 is 0 Å². The lowest BCUT2D eigenvalue weighted by Crippen LogP contribution is -2.01. The summed E-state index contributed by atoms with van der Waals surface area (Å²) in [5.74, 6) is -0.153. The number of hydrogen-bond acceptors (Lipinski definition) is 2. The SMILES string of the molecule is C=C(C)[C@@H](C=O)C/C=C(\C)C=O. The Bertz CT molecular complexity index is 214. The highest BCUT2D eigenvalue weighted by Crippen LogP contribution is 2.11. The van der Waals surface area contributed by atoms with Crippen LogP contribution in [0.25, 0.3) is 0 Å². The molecule has 0 saturated heterocycles. The van der Waals surface area contributed by atoms with Crippen molar-refractivity contribution in [3.8, 4) is 0 Å². The highest BCUT2D eigenvalue weighted by Gasteiger charge is 2.04. The van der Waals surface area contributed by atoms with Crippen LogP contribution in [0.1, 0.15) is 20.3 Å². The summed E-state index contributed by atoms with van der Waals surface area (Å²) in [7, 11) is 0. The lowest BCUT2D eigenvalue weighted by molar-refractivity contribution is -0.110. The molecule has 0 aromatic heterocycles. The summed E-state index contributed by atoms with van der Waals surface area (Å²) in [4.78, 5) is 20.7. The maximum Gasteiger partial charge on any atom is 0.145 e. The number of rotatable bonds is 5. The Morgan fingerprint density at radius 2 is 2.00 bits per heavy atom. The van der Waals surface area contributed by atoms with Gasteiger partial charge in [0.2, 0.25) is 0 Å². The monoisotopic (exact) mass is 166 g/mol. The molecule has 0 aromatic carbocycles. The Labute approximate surface area is 73.0 Å². The summed E-state index contributed by atoms with van der Waals surface area (Å²) in [5, 5.41) is 0. The van der Waals surface area contributed by atoms with Crippen LogP contribution >= 0.6 is 0 Å². The summed E-state index contributed by atoms with van der Waals surface area (Å²) in [5.41, 5.74) is 1.49. The van der Waals surface area contributed by atoms with Gasteiger partial charge in [-0.25, -0.2) is 0 Å². The molecule has 0 fully saturated rings. The maximum absolute atomic E-state index is 10.5. The van der Waals surface area contributed by atoms with Crippen molar-refractivity contribution in [3.05, 3.63) is 23.8 Å². The van der Waals surface area contributed by atoms with E-state index in [1.54, 1.807) is 13.0 Å². The molecule has 0 saturated carbocycles. The van der Waals surface area contributed by atoms with Crippen molar-refractivity contribution in [1.82, 2.24) is 0 Å². The zero-order valence-electron chi connectivity index (χ0n) is 7.54. The fourth-order valence-electron chi connectivity index (χ4n) is 0.734. The molecule has 1 atom stereocenters. The van der Waals surface area contributed by atoms with Gasteiger partial charge in [0.15, 0.2) is 0 Å². The van der Waals surface area contributed by atoms with E-state index in [1.807, 2.05) is 6.92 Å². The van der Waals surface area contributed by atoms with Crippen molar-refractivity contribution < 1.29 is 9.59 Å². The fraction of sp³-hybridized carbons (Fsp3) is 0.400. The Morgan fingerprint density at radius 3 is 2.33 bits per heavy atom. The van der Waals surface area contributed by atoms with E-state index in [0.717, 1.165) is 18.1 Å². The molecule has 0 aliphatic heterocycles. The van der Waals surface area contributed by atoms with Crippen LogP contribution in [0.2, 0.25) is 0 Å². The minimum Gasteiger partial charge on any atom is -0.303 e. The highest BCUT2D eigenvalue weighted by molar-refractivity contribution is 5.72. The molecule has 0 bridgehead atoms. The van der Waals surface area contributed by atoms with Gasteiger partial charge in [-0.15, -0.1) is 0 Å². The standard InChI is InChI=1S/C10H14O2/c1-8(2)10(7-12)5-4-9(3)6-11/h4,6-7,10H,1,5H2,2-3H3/b9-4+/t10-/m1/s1. The number of hydrogen-bond donors (Lipinski definition) is 0. The molecule has 0 unspecified atom stereocenters. The molecule has 0 N–H and O–H groups in total. The number of aldehydes is 2. The molecule has 0 aliphatic carbocycles. The van der Waals surface area contributed by atoms with Crippen molar-refractivity contribution in [1.29, 1.82) is 0 Å². The first-order chi connectivity index (χ1) is 5.61. The predicted molar refractivity (Wildman–Crippen MR) is 48.8 cm³/mol. The summed E-state index contributed by atoms with van der Waals surface area (Å²) in [6, 6.07) is 0. The second-order valence-electron chi connectivity index (χ2n) is 2.89. The second kappa shape index (κ2) is 5.47. The first kappa shape index (κ1) is 10.8. The first-order valence-electron chi connectivity index (χ1n) is 3.84. The van der Waals surface area contributed by atoms with E-state index in [9.17, 15) is 9.59 Å². The molecular weight excluding hydrogens is 152 g/mol. The van der Waals surface area contributed by atoms with Gasteiger partial charge in [-0.2, -0.15) is 0 Å². The van der Waals surface area contributed by atoms with Crippen LogP contribution in [0, 0.1) is 5.92 Å². The average Bonchev–Trinajstić information content (AvgIpc) is 2.04. The van der Waals surface area contributed by atoms with Gasteiger partial charge in [-0.1, -0.05) is 18.2 Å². The number of allylic oxidation sites excluding steroid dienone is 3. The van der Waals surface area contributed by atoms with Crippen LogP contribution in [0.15, 0.2) is 23.8 Å². The molecule has 0 aliphatic rings. The molecule has 0 radical (unpaired) electrons. The molecule has 2 heteroatoms. The van der Waals surface area contributed by atoms with Gasteiger partial charge < -0.3 is 4.79 Å². The second-order valence-corrected chi connectivity index (χ2v) is 2.89. The number of carbonyl (C=O) groups is 2. The van der Waals surface area contributed by atoms with Crippen molar-refractivity contribution in [2.45, 2.75) is 20.3 Å². The summed E-state index contributed by atoms with van der Waals surface area (Å²) in [6.45, 7) is 7.21. The van der Waals surface area contributed by atoms with Gasteiger partial charge >= 0.3 is 0 Å². The van der Waals surface area contributed by atoms with E-state index in [1.165, 1.54) is 0 Å². The van der Waals surface area contributed by atoms with Crippen LogP contribution in [0.5, 0.6) is 0 Å². The Kier molecular flexibility index (Phi) is 4.93. The highest BCUT2D eigenvalue weighted by atomic mass is 16.1. The third kappa shape index (κ3) is 3.86. The largest absolute Gasteiger partial charge is 0.303 e. The minimum absolute atomic E-state index is 0.153. The summed E-state index contributed by atoms with van der Waals surface area (Å²) < 4.78 is 0. The molecule has 0 rings (SSSR count). The van der Waals surface area contributed by atoms with Crippen LogP contribution in [0.4, 0.5) is 0 Å². The lowest BCUT2D eigenvalue weighted by atomic mass is 9.99. The Balaban J connectivity index is 4.13. The van der Waals surface area contributed by atoms with E-state index in [-0.39, 0.29) is 5.92 Å². The average molecular weight is 166 g/mol.